The number of carbonyl (C=O) groups is 2. The summed E-state index contributed by atoms with van der Waals surface area (Å²) in [6.45, 7) is 4.40. The van der Waals surface area contributed by atoms with Crippen molar-refractivity contribution in [3.63, 3.8) is 0 Å². The van der Waals surface area contributed by atoms with E-state index in [2.05, 4.69) is 6.58 Å². The fourth-order valence-electron chi connectivity index (χ4n) is 3.34. The van der Waals surface area contributed by atoms with Crippen LogP contribution >= 0.6 is 11.6 Å². The summed E-state index contributed by atoms with van der Waals surface area (Å²) in [4.78, 5) is 27.0. The van der Waals surface area contributed by atoms with Crippen LogP contribution in [0.4, 0.5) is 0 Å². The average molecular weight is 428 g/mol. The van der Waals surface area contributed by atoms with E-state index in [1.165, 1.54) is 12.0 Å². The Kier molecular flexibility index (Phi) is 6.92. The van der Waals surface area contributed by atoms with Crippen molar-refractivity contribution in [1.29, 1.82) is 0 Å². The second-order valence-corrected chi connectivity index (χ2v) is 7.10. The number of likely N-dealkylation sites (tertiary alicyclic amines) is 1. The van der Waals surface area contributed by atoms with Crippen molar-refractivity contribution < 1.29 is 24.2 Å². The van der Waals surface area contributed by atoms with E-state index in [1.54, 1.807) is 54.6 Å². The van der Waals surface area contributed by atoms with Gasteiger partial charge in [-0.05, 0) is 42.0 Å². The van der Waals surface area contributed by atoms with Gasteiger partial charge in [-0.2, -0.15) is 0 Å². The highest BCUT2D eigenvalue weighted by Gasteiger charge is 2.45. The zero-order valence-corrected chi connectivity index (χ0v) is 17.3. The van der Waals surface area contributed by atoms with Crippen LogP contribution in [0.2, 0.25) is 5.02 Å². The highest BCUT2D eigenvalue weighted by Crippen LogP contribution is 2.39. The largest absolute Gasteiger partial charge is 0.507 e. The standard InChI is InChI=1S/C23H22ClNO5/c1-3-12-30-18-9-7-15(8-10-18)21(26)19-20(16-5-4-6-17(24)14-16)25(11-13-29-2)23(28)22(19)27/h3-10,14,20,26H,1,11-13H2,2H3/b21-19+. The van der Waals surface area contributed by atoms with Crippen LogP contribution in [0, 0.1) is 0 Å². The molecular formula is C23H22ClNO5. The van der Waals surface area contributed by atoms with Crippen molar-refractivity contribution >= 4 is 29.1 Å². The van der Waals surface area contributed by atoms with Crippen LogP contribution in [-0.2, 0) is 14.3 Å². The third-order valence-corrected chi connectivity index (χ3v) is 4.97. The van der Waals surface area contributed by atoms with Gasteiger partial charge in [-0.15, -0.1) is 0 Å². The van der Waals surface area contributed by atoms with Gasteiger partial charge in [0.2, 0.25) is 0 Å². The maximum absolute atomic E-state index is 12.9. The van der Waals surface area contributed by atoms with Crippen LogP contribution in [0.5, 0.6) is 5.75 Å². The summed E-state index contributed by atoms with van der Waals surface area (Å²) in [6.07, 6.45) is 1.63. The molecule has 7 heteroatoms. The Morgan fingerprint density at radius 1 is 1.23 bits per heavy atom. The summed E-state index contributed by atoms with van der Waals surface area (Å²) >= 11 is 6.14. The first-order valence-corrected chi connectivity index (χ1v) is 9.72. The first kappa shape index (κ1) is 21.6. The number of rotatable bonds is 8. The molecule has 1 fully saturated rings. The molecule has 0 bridgehead atoms. The van der Waals surface area contributed by atoms with Gasteiger partial charge in [-0.1, -0.05) is 36.4 Å². The summed E-state index contributed by atoms with van der Waals surface area (Å²) < 4.78 is 10.5. The Balaban J connectivity index is 2.07. The summed E-state index contributed by atoms with van der Waals surface area (Å²) in [6, 6.07) is 12.7. The molecule has 30 heavy (non-hydrogen) atoms. The number of hydrogen-bond acceptors (Lipinski definition) is 5. The lowest BCUT2D eigenvalue weighted by molar-refractivity contribution is -0.140. The Morgan fingerprint density at radius 2 is 1.97 bits per heavy atom. The normalized spacial score (nSPS) is 17.9. The highest BCUT2D eigenvalue weighted by atomic mass is 35.5. The van der Waals surface area contributed by atoms with E-state index in [9.17, 15) is 14.7 Å². The zero-order chi connectivity index (χ0) is 21.7. The second kappa shape index (κ2) is 9.61. The number of hydrogen-bond donors (Lipinski definition) is 1. The number of ether oxygens (including phenoxy) is 2. The van der Waals surface area contributed by atoms with Crippen LogP contribution < -0.4 is 4.74 Å². The monoisotopic (exact) mass is 427 g/mol. The fraction of sp³-hybridized carbons (Fsp3) is 0.217. The number of aliphatic hydroxyl groups excluding tert-OH is 1. The van der Waals surface area contributed by atoms with Gasteiger partial charge in [-0.3, -0.25) is 9.59 Å². The molecule has 3 rings (SSSR count). The summed E-state index contributed by atoms with van der Waals surface area (Å²) in [5.74, 6) is -1.10. The van der Waals surface area contributed by atoms with Gasteiger partial charge < -0.3 is 19.5 Å². The number of carbonyl (C=O) groups excluding carboxylic acids is 2. The van der Waals surface area contributed by atoms with E-state index in [0.29, 0.717) is 28.5 Å². The van der Waals surface area contributed by atoms with Crippen molar-refractivity contribution in [2.75, 3.05) is 26.9 Å². The zero-order valence-electron chi connectivity index (χ0n) is 16.5. The minimum absolute atomic E-state index is 0.0122. The SMILES string of the molecule is C=CCOc1ccc(/C(O)=C2\C(=O)C(=O)N(CCOC)C2c2cccc(Cl)c2)cc1. The van der Waals surface area contributed by atoms with Crippen molar-refractivity contribution in [1.82, 2.24) is 4.90 Å². The minimum atomic E-state index is -0.768. The number of halogens is 1. The molecule has 1 saturated heterocycles. The first-order chi connectivity index (χ1) is 14.5. The predicted octanol–water partition coefficient (Wildman–Crippen LogP) is 3.97. The number of aliphatic hydroxyl groups is 1. The van der Waals surface area contributed by atoms with Gasteiger partial charge in [0, 0.05) is 24.2 Å². The van der Waals surface area contributed by atoms with Gasteiger partial charge in [0.25, 0.3) is 11.7 Å². The number of Topliss-reactive ketones (excluding diaryl/α,β-unsaturated/α-hetero) is 1. The lowest BCUT2D eigenvalue weighted by Gasteiger charge is -2.25. The average Bonchev–Trinajstić information content (AvgIpc) is 3.01. The van der Waals surface area contributed by atoms with Crippen LogP contribution in [0.1, 0.15) is 17.2 Å². The van der Waals surface area contributed by atoms with E-state index in [1.807, 2.05) is 0 Å². The number of benzene rings is 2. The molecular weight excluding hydrogens is 406 g/mol. The van der Waals surface area contributed by atoms with Crippen LogP contribution in [-0.4, -0.2) is 48.6 Å². The van der Waals surface area contributed by atoms with Crippen LogP contribution in [0.25, 0.3) is 5.76 Å². The number of nitrogens with zero attached hydrogens (tertiary/aromatic N) is 1. The van der Waals surface area contributed by atoms with Crippen molar-refractivity contribution in [2.24, 2.45) is 0 Å². The summed E-state index contributed by atoms with van der Waals surface area (Å²) in [7, 11) is 1.51. The van der Waals surface area contributed by atoms with E-state index < -0.39 is 17.7 Å². The lowest BCUT2D eigenvalue weighted by Crippen LogP contribution is -2.32. The predicted molar refractivity (Wildman–Crippen MR) is 114 cm³/mol. The molecule has 1 heterocycles. The second-order valence-electron chi connectivity index (χ2n) is 6.66. The fourth-order valence-corrected chi connectivity index (χ4v) is 3.54. The molecule has 0 radical (unpaired) electrons. The number of ketones is 1. The topological polar surface area (TPSA) is 76.1 Å². The van der Waals surface area contributed by atoms with E-state index in [4.69, 9.17) is 21.1 Å². The molecule has 1 N–H and O–H groups in total. The maximum Gasteiger partial charge on any atom is 0.295 e. The van der Waals surface area contributed by atoms with E-state index >= 15 is 0 Å². The molecule has 0 spiro atoms. The first-order valence-electron chi connectivity index (χ1n) is 9.35. The van der Waals surface area contributed by atoms with Gasteiger partial charge in [0.05, 0.1) is 18.2 Å². The molecule has 2 aromatic rings. The van der Waals surface area contributed by atoms with E-state index in [-0.39, 0.29) is 24.5 Å². The lowest BCUT2D eigenvalue weighted by atomic mass is 9.95. The Hall–Kier alpha value is -3.09. The molecule has 0 aliphatic carbocycles. The Morgan fingerprint density at radius 3 is 2.60 bits per heavy atom. The molecule has 1 aliphatic rings. The molecule has 1 unspecified atom stereocenters. The van der Waals surface area contributed by atoms with Crippen molar-refractivity contribution in [3.8, 4) is 5.75 Å². The number of methoxy groups -OCH3 is 1. The molecule has 0 aromatic heterocycles. The Bertz CT molecular complexity index is 983. The van der Waals surface area contributed by atoms with Gasteiger partial charge in [0.15, 0.2) is 0 Å². The van der Waals surface area contributed by atoms with Gasteiger partial charge in [0.1, 0.15) is 18.1 Å². The maximum atomic E-state index is 12.9. The summed E-state index contributed by atoms with van der Waals surface area (Å²) in [5.41, 5.74) is 1.04. The molecule has 0 saturated carbocycles. The molecule has 156 valence electrons. The van der Waals surface area contributed by atoms with Gasteiger partial charge in [-0.25, -0.2) is 0 Å². The molecule has 1 amide bonds. The van der Waals surface area contributed by atoms with Crippen LogP contribution in [0.3, 0.4) is 0 Å². The van der Waals surface area contributed by atoms with Crippen LogP contribution in [0.15, 0.2) is 66.8 Å². The van der Waals surface area contributed by atoms with Crippen molar-refractivity contribution in [2.45, 2.75) is 6.04 Å². The smallest absolute Gasteiger partial charge is 0.295 e. The third-order valence-electron chi connectivity index (χ3n) is 4.74. The number of amides is 1. The minimum Gasteiger partial charge on any atom is -0.507 e. The van der Waals surface area contributed by atoms with Crippen molar-refractivity contribution in [3.05, 3.63) is 82.9 Å². The molecule has 6 nitrogen and oxygen atoms in total. The van der Waals surface area contributed by atoms with E-state index in [0.717, 1.165) is 0 Å². The molecule has 2 aromatic carbocycles. The quantitative estimate of drug-likeness (QED) is 0.298. The Labute approximate surface area is 180 Å². The molecule has 1 aliphatic heterocycles. The van der Waals surface area contributed by atoms with Gasteiger partial charge >= 0.3 is 0 Å². The highest BCUT2D eigenvalue weighted by molar-refractivity contribution is 6.46. The summed E-state index contributed by atoms with van der Waals surface area (Å²) in [5, 5.41) is 11.4. The third kappa shape index (κ3) is 4.40. The molecule has 1 atom stereocenters.